The quantitative estimate of drug-likeness (QED) is 0.765. The Balaban J connectivity index is 1.95. The van der Waals surface area contributed by atoms with Crippen LogP contribution in [-0.4, -0.2) is 31.3 Å². The van der Waals surface area contributed by atoms with Gasteiger partial charge in [-0.2, -0.15) is 0 Å². The van der Waals surface area contributed by atoms with Gasteiger partial charge in [0, 0.05) is 0 Å². The zero-order chi connectivity index (χ0) is 16.2. The van der Waals surface area contributed by atoms with Gasteiger partial charge in [0.15, 0.2) is 0 Å². The highest BCUT2D eigenvalue weighted by molar-refractivity contribution is 7.89. The number of fused-ring (bicyclic) bond motifs is 1. The van der Waals surface area contributed by atoms with E-state index in [1.54, 1.807) is 0 Å². The largest absolute Gasteiger partial charge is 0.480 e. The Bertz CT molecular complexity index is 602. The number of benzene rings is 1. The maximum Gasteiger partial charge on any atom is 0.321 e. The van der Waals surface area contributed by atoms with Gasteiger partial charge in [-0.05, 0) is 36.3 Å². The van der Waals surface area contributed by atoms with Crippen LogP contribution in [-0.2, 0) is 27.7 Å². The van der Waals surface area contributed by atoms with E-state index in [1.165, 1.54) is 11.1 Å². The van der Waals surface area contributed by atoms with Crippen molar-refractivity contribution >= 4 is 16.0 Å². The van der Waals surface area contributed by atoms with E-state index in [9.17, 15) is 13.2 Å². The molecule has 0 aromatic heterocycles. The van der Waals surface area contributed by atoms with Gasteiger partial charge in [-0.3, -0.25) is 4.79 Å². The Kier molecular flexibility index (Phi) is 5.58. The van der Waals surface area contributed by atoms with Crippen molar-refractivity contribution in [2.75, 3.05) is 5.75 Å². The Labute approximate surface area is 131 Å². The molecule has 0 unspecified atom stereocenters. The van der Waals surface area contributed by atoms with Gasteiger partial charge in [-0.1, -0.05) is 44.0 Å². The lowest BCUT2D eigenvalue weighted by molar-refractivity contribution is -0.139. The number of nitrogens with one attached hydrogen (secondary N) is 1. The monoisotopic (exact) mass is 325 g/mol. The van der Waals surface area contributed by atoms with Crippen molar-refractivity contribution in [3.63, 3.8) is 0 Å². The van der Waals surface area contributed by atoms with Crippen LogP contribution in [0.5, 0.6) is 0 Å². The third kappa shape index (κ3) is 4.55. The van der Waals surface area contributed by atoms with Crippen LogP contribution in [0.1, 0.15) is 37.3 Å². The topological polar surface area (TPSA) is 83.5 Å². The summed E-state index contributed by atoms with van der Waals surface area (Å²) in [5.74, 6) is -1.10. The first-order valence-corrected chi connectivity index (χ1v) is 9.36. The van der Waals surface area contributed by atoms with E-state index in [2.05, 4.69) is 4.72 Å². The first-order chi connectivity index (χ1) is 10.4. The highest BCUT2D eigenvalue weighted by Crippen LogP contribution is 2.27. The van der Waals surface area contributed by atoms with Crippen molar-refractivity contribution < 1.29 is 18.3 Å². The Morgan fingerprint density at radius 1 is 1.32 bits per heavy atom. The molecule has 1 atom stereocenters. The predicted molar refractivity (Wildman–Crippen MR) is 85.2 cm³/mol. The predicted octanol–water partition coefficient (Wildman–Crippen LogP) is 1.96. The Morgan fingerprint density at radius 3 is 2.41 bits per heavy atom. The molecule has 122 valence electrons. The Hall–Kier alpha value is -1.40. The molecule has 0 aliphatic heterocycles. The van der Waals surface area contributed by atoms with Crippen LogP contribution in [0.4, 0.5) is 0 Å². The molecular weight excluding hydrogens is 302 g/mol. The maximum absolute atomic E-state index is 12.2. The first kappa shape index (κ1) is 17.0. The summed E-state index contributed by atoms with van der Waals surface area (Å²) >= 11 is 0. The highest BCUT2D eigenvalue weighted by Gasteiger charge is 2.29. The van der Waals surface area contributed by atoms with Crippen LogP contribution in [0.25, 0.3) is 0 Å². The molecule has 0 amide bonds. The summed E-state index contributed by atoms with van der Waals surface area (Å²) < 4.78 is 26.8. The summed E-state index contributed by atoms with van der Waals surface area (Å²) in [6, 6.07) is 6.94. The third-order valence-corrected chi connectivity index (χ3v) is 5.61. The lowest BCUT2D eigenvalue weighted by atomic mass is 10.1. The first-order valence-electron chi connectivity index (χ1n) is 7.71. The van der Waals surface area contributed by atoms with Crippen molar-refractivity contribution in [2.24, 2.45) is 5.92 Å². The molecule has 1 aliphatic carbocycles. The number of sulfonamides is 1. The van der Waals surface area contributed by atoms with Crippen LogP contribution < -0.4 is 4.72 Å². The molecule has 2 rings (SSSR count). The lowest BCUT2D eigenvalue weighted by Crippen LogP contribution is -2.42. The molecule has 22 heavy (non-hydrogen) atoms. The van der Waals surface area contributed by atoms with Crippen LogP contribution in [0.15, 0.2) is 24.3 Å². The van der Waals surface area contributed by atoms with Gasteiger partial charge >= 0.3 is 5.97 Å². The number of carboxylic acids is 1. The van der Waals surface area contributed by atoms with Crippen molar-refractivity contribution in [3.05, 3.63) is 35.4 Å². The normalized spacial score (nSPS) is 16.4. The molecule has 0 heterocycles. The van der Waals surface area contributed by atoms with Crippen LogP contribution in [0, 0.1) is 5.92 Å². The third-order valence-electron chi connectivity index (χ3n) is 4.06. The number of carboxylic acid groups (broad SMARTS) is 1. The number of hydrogen-bond donors (Lipinski definition) is 2. The minimum atomic E-state index is -3.59. The molecule has 0 spiro atoms. The van der Waals surface area contributed by atoms with Gasteiger partial charge < -0.3 is 5.11 Å². The minimum Gasteiger partial charge on any atom is -0.480 e. The van der Waals surface area contributed by atoms with E-state index in [0.717, 1.165) is 19.3 Å². The molecule has 0 fully saturated rings. The minimum absolute atomic E-state index is 0.0163. The number of hydrogen-bond acceptors (Lipinski definition) is 3. The zero-order valence-electron chi connectivity index (χ0n) is 12.8. The number of rotatable bonds is 8. The Morgan fingerprint density at radius 2 is 1.91 bits per heavy atom. The van der Waals surface area contributed by atoms with Gasteiger partial charge in [0.2, 0.25) is 10.0 Å². The van der Waals surface area contributed by atoms with Crippen LogP contribution >= 0.6 is 0 Å². The van der Waals surface area contributed by atoms with Gasteiger partial charge in [-0.25, -0.2) is 13.1 Å². The average molecular weight is 325 g/mol. The van der Waals surface area contributed by atoms with Crippen molar-refractivity contribution in [1.82, 2.24) is 4.72 Å². The molecule has 0 bridgehead atoms. The van der Waals surface area contributed by atoms with E-state index in [0.29, 0.717) is 12.8 Å². The van der Waals surface area contributed by atoms with Crippen LogP contribution in [0.3, 0.4) is 0 Å². The molecule has 0 saturated heterocycles. The molecule has 1 aliphatic rings. The smallest absolute Gasteiger partial charge is 0.321 e. The number of aliphatic carboxylic acids is 1. The van der Waals surface area contributed by atoms with Crippen molar-refractivity contribution in [3.8, 4) is 0 Å². The van der Waals surface area contributed by atoms with Crippen molar-refractivity contribution in [2.45, 2.75) is 45.1 Å². The molecule has 6 heteroatoms. The van der Waals surface area contributed by atoms with Gasteiger partial charge in [-0.15, -0.1) is 0 Å². The van der Waals surface area contributed by atoms with E-state index in [4.69, 9.17) is 5.11 Å². The van der Waals surface area contributed by atoms with Gasteiger partial charge in [0.1, 0.15) is 6.04 Å². The number of unbranched alkanes of at least 4 members (excludes halogenated alkanes) is 1. The SMILES string of the molecule is CCCC[C@H](NS(=O)(=O)CC1Cc2ccccc2C1)C(=O)O. The summed E-state index contributed by atoms with van der Waals surface area (Å²) in [6.45, 7) is 1.95. The average Bonchev–Trinajstić information content (AvgIpc) is 2.84. The van der Waals surface area contributed by atoms with Gasteiger partial charge in [0.05, 0.1) is 5.75 Å². The van der Waals surface area contributed by atoms with Crippen LogP contribution in [0.2, 0.25) is 0 Å². The molecule has 0 saturated carbocycles. The lowest BCUT2D eigenvalue weighted by Gasteiger charge is -2.16. The summed E-state index contributed by atoms with van der Waals surface area (Å²) in [7, 11) is -3.59. The standard InChI is InChI=1S/C16H23NO4S/c1-2-3-8-15(16(18)19)17-22(20,21)11-12-9-13-6-4-5-7-14(13)10-12/h4-7,12,15,17H,2-3,8-11H2,1H3,(H,18,19)/t15-/m0/s1. The maximum atomic E-state index is 12.2. The zero-order valence-corrected chi connectivity index (χ0v) is 13.6. The second-order valence-electron chi connectivity index (χ2n) is 5.98. The molecule has 1 aromatic rings. The van der Waals surface area contributed by atoms with Gasteiger partial charge in [0.25, 0.3) is 0 Å². The fourth-order valence-corrected chi connectivity index (χ4v) is 4.59. The molecule has 2 N–H and O–H groups in total. The molecular formula is C16H23NO4S. The molecule has 1 aromatic carbocycles. The molecule has 0 radical (unpaired) electrons. The summed E-state index contributed by atoms with van der Waals surface area (Å²) in [4.78, 5) is 11.2. The second kappa shape index (κ2) is 7.24. The van der Waals surface area contributed by atoms with E-state index >= 15 is 0 Å². The molecule has 5 nitrogen and oxygen atoms in total. The second-order valence-corrected chi connectivity index (χ2v) is 7.77. The van der Waals surface area contributed by atoms with Crippen molar-refractivity contribution in [1.29, 1.82) is 0 Å². The summed E-state index contributed by atoms with van der Waals surface area (Å²) in [6.07, 6.45) is 3.33. The van der Waals surface area contributed by atoms with E-state index in [1.807, 2.05) is 31.2 Å². The fraction of sp³-hybridized carbons (Fsp3) is 0.562. The summed E-state index contributed by atoms with van der Waals surface area (Å²) in [5, 5.41) is 9.14. The fourth-order valence-electron chi connectivity index (χ4n) is 2.98. The van der Waals surface area contributed by atoms with E-state index in [-0.39, 0.29) is 11.7 Å². The van der Waals surface area contributed by atoms with E-state index < -0.39 is 22.0 Å². The number of carbonyl (C=O) groups is 1. The summed E-state index contributed by atoms with van der Waals surface area (Å²) in [5.41, 5.74) is 2.40. The highest BCUT2D eigenvalue weighted by atomic mass is 32.2.